The molecule has 0 atom stereocenters. The van der Waals surface area contributed by atoms with E-state index in [9.17, 15) is 4.79 Å². The van der Waals surface area contributed by atoms with Gasteiger partial charge in [0.1, 0.15) is 11.3 Å². The molecular weight excluding hydrogens is 182 g/mol. The predicted octanol–water partition coefficient (Wildman–Crippen LogP) is 0.894. The van der Waals surface area contributed by atoms with E-state index in [4.69, 9.17) is 4.74 Å². The fraction of sp³-hybridized carbons (Fsp3) is 0.111. The SMILES string of the molecule is O=C1COc2nc3[nH]ccc3cc2N1. The molecule has 0 radical (unpaired) electrons. The number of H-pyrrole nitrogens is 1. The van der Waals surface area contributed by atoms with Gasteiger partial charge in [-0.1, -0.05) is 0 Å². The molecule has 5 heteroatoms. The van der Waals surface area contributed by atoms with E-state index in [-0.39, 0.29) is 12.5 Å². The largest absolute Gasteiger partial charge is 0.466 e. The normalized spacial score (nSPS) is 14.7. The molecule has 70 valence electrons. The van der Waals surface area contributed by atoms with Gasteiger partial charge in [-0.15, -0.1) is 0 Å². The maximum atomic E-state index is 11.0. The minimum atomic E-state index is -0.144. The third kappa shape index (κ3) is 0.953. The average molecular weight is 189 g/mol. The van der Waals surface area contributed by atoms with Crippen molar-refractivity contribution < 1.29 is 9.53 Å². The van der Waals surface area contributed by atoms with Crippen LogP contribution in [-0.2, 0) is 4.79 Å². The lowest BCUT2D eigenvalue weighted by atomic mass is 10.3. The monoisotopic (exact) mass is 189 g/mol. The maximum absolute atomic E-state index is 11.0. The summed E-state index contributed by atoms with van der Waals surface area (Å²) in [7, 11) is 0. The Hall–Kier alpha value is -2.04. The number of aromatic amines is 1. The van der Waals surface area contributed by atoms with E-state index >= 15 is 0 Å². The molecular formula is C9H7N3O2. The number of nitrogens with one attached hydrogen (secondary N) is 2. The Balaban J connectivity index is 2.24. The van der Waals surface area contributed by atoms with E-state index < -0.39 is 0 Å². The van der Waals surface area contributed by atoms with Gasteiger partial charge in [-0.05, 0) is 12.1 Å². The summed E-state index contributed by atoms with van der Waals surface area (Å²) < 4.78 is 5.17. The molecule has 3 heterocycles. The number of ether oxygens (including phenoxy) is 1. The number of amides is 1. The topological polar surface area (TPSA) is 67.0 Å². The van der Waals surface area contributed by atoms with E-state index in [1.807, 2.05) is 12.1 Å². The molecule has 14 heavy (non-hydrogen) atoms. The van der Waals surface area contributed by atoms with Crippen LogP contribution < -0.4 is 10.1 Å². The van der Waals surface area contributed by atoms with Crippen molar-refractivity contribution >= 4 is 22.6 Å². The van der Waals surface area contributed by atoms with Crippen LogP contribution in [0, 0.1) is 0 Å². The van der Waals surface area contributed by atoms with E-state index in [0.29, 0.717) is 11.6 Å². The first-order valence-electron chi connectivity index (χ1n) is 4.24. The summed E-state index contributed by atoms with van der Waals surface area (Å²) in [5.74, 6) is 0.328. The van der Waals surface area contributed by atoms with Gasteiger partial charge in [-0.3, -0.25) is 4.79 Å². The van der Waals surface area contributed by atoms with Crippen molar-refractivity contribution in [1.82, 2.24) is 9.97 Å². The molecule has 2 aromatic heterocycles. The van der Waals surface area contributed by atoms with Crippen molar-refractivity contribution in [3.63, 3.8) is 0 Å². The Morgan fingerprint density at radius 3 is 3.36 bits per heavy atom. The second kappa shape index (κ2) is 2.47. The fourth-order valence-corrected chi connectivity index (χ4v) is 1.48. The van der Waals surface area contributed by atoms with E-state index in [1.54, 1.807) is 6.20 Å². The highest BCUT2D eigenvalue weighted by atomic mass is 16.5. The minimum absolute atomic E-state index is 0.0339. The number of anilines is 1. The Kier molecular flexibility index (Phi) is 1.30. The third-order valence-electron chi connectivity index (χ3n) is 2.11. The molecule has 0 fully saturated rings. The van der Waals surface area contributed by atoms with Crippen LogP contribution in [0.5, 0.6) is 5.88 Å². The Bertz CT molecular complexity index is 518. The van der Waals surface area contributed by atoms with Crippen LogP contribution in [-0.4, -0.2) is 22.5 Å². The fourth-order valence-electron chi connectivity index (χ4n) is 1.48. The first-order valence-corrected chi connectivity index (χ1v) is 4.24. The molecule has 0 spiro atoms. The number of rotatable bonds is 0. The average Bonchev–Trinajstić information content (AvgIpc) is 2.61. The van der Waals surface area contributed by atoms with Crippen LogP contribution in [0.1, 0.15) is 0 Å². The summed E-state index contributed by atoms with van der Waals surface area (Å²) >= 11 is 0. The van der Waals surface area contributed by atoms with Gasteiger partial charge in [0.05, 0.1) is 0 Å². The lowest BCUT2D eigenvalue weighted by Crippen LogP contribution is -2.25. The van der Waals surface area contributed by atoms with E-state index in [1.165, 1.54) is 0 Å². The lowest BCUT2D eigenvalue weighted by molar-refractivity contribution is -0.118. The number of hydrogen-bond donors (Lipinski definition) is 2. The number of pyridine rings is 1. The van der Waals surface area contributed by atoms with Gasteiger partial charge in [-0.2, -0.15) is 4.98 Å². The van der Waals surface area contributed by atoms with Gasteiger partial charge in [0.25, 0.3) is 5.91 Å². The third-order valence-corrected chi connectivity index (χ3v) is 2.11. The molecule has 1 aliphatic heterocycles. The molecule has 0 saturated heterocycles. The summed E-state index contributed by atoms with van der Waals surface area (Å²) in [6.07, 6.45) is 1.80. The minimum Gasteiger partial charge on any atom is -0.466 e. The van der Waals surface area contributed by atoms with Crippen LogP contribution in [0.4, 0.5) is 5.69 Å². The quantitative estimate of drug-likeness (QED) is 0.646. The Labute approximate surface area is 79.1 Å². The second-order valence-electron chi connectivity index (χ2n) is 3.09. The molecule has 0 aliphatic carbocycles. The van der Waals surface area contributed by atoms with Crippen LogP contribution in [0.3, 0.4) is 0 Å². The molecule has 2 N–H and O–H groups in total. The summed E-state index contributed by atoms with van der Waals surface area (Å²) in [5.41, 5.74) is 1.40. The molecule has 1 aliphatic rings. The number of carbonyl (C=O) groups excluding carboxylic acids is 1. The number of aromatic nitrogens is 2. The zero-order valence-corrected chi connectivity index (χ0v) is 7.20. The van der Waals surface area contributed by atoms with Crippen molar-refractivity contribution in [3.8, 4) is 5.88 Å². The molecule has 0 bridgehead atoms. The summed E-state index contributed by atoms with van der Waals surface area (Å²) in [4.78, 5) is 18.2. The standard InChI is InChI=1S/C9H7N3O2/c13-7-4-14-9-6(11-7)3-5-1-2-10-8(5)12-9/h1-3H,4H2,(H,10,12)(H,11,13). The molecule has 5 nitrogen and oxygen atoms in total. The molecule has 0 aromatic carbocycles. The molecule has 2 aromatic rings. The first-order chi connectivity index (χ1) is 6.83. The van der Waals surface area contributed by atoms with Gasteiger partial charge < -0.3 is 15.0 Å². The molecule has 0 unspecified atom stereocenters. The van der Waals surface area contributed by atoms with Crippen LogP contribution in [0.2, 0.25) is 0 Å². The molecule has 1 amide bonds. The predicted molar refractivity (Wildman–Crippen MR) is 50.2 cm³/mol. The maximum Gasteiger partial charge on any atom is 0.262 e. The van der Waals surface area contributed by atoms with Gasteiger partial charge in [0.2, 0.25) is 5.88 Å². The first kappa shape index (κ1) is 7.37. The van der Waals surface area contributed by atoms with Crippen molar-refractivity contribution in [2.45, 2.75) is 0 Å². The lowest BCUT2D eigenvalue weighted by Gasteiger charge is -2.16. The smallest absolute Gasteiger partial charge is 0.262 e. The highest BCUT2D eigenvalue weighted by Crippen LogP contribution is 2.28. The summed E-state index contributed by atoms with van der Waals surface area (Å²) in [5, 5.41) is 3.65. The highest BCUT2D eigenvalue weighted by Gasteiger charge is 2.17. The second-order valence-corrected chi connectivity index (χ2v) is 3.09. The number of carbonyl (C=O) groups is 1. The van der Waals surface area contributed by atoms with E-state index in [0.717, 1.165) is 11.0 Å². The van der Waals surface area contributed by atoms with E-state index in [2.05, 4.69) is 15.3 Å². The van der Waals surface area contributed by atoms with Gasteiger partial charge >= 0.3 is 0 Å². The zero-order valence-electron chi connectivity index (χ0n) is 7.20. The number of hydrogen-bond acceptors (Lipinski definition) is 3. The molecule has 0 saturated carbocycles. The number of nitrogens with zero attached hydrogens (tertiary/aromatic N) is 1. The Morgan fingerprint density at radius 2 is 2.43 bits per heavy atom. The van der Waals surface area contributed by atoms with Crippen LogP contribution in [0.25, 0.3) is 11.0 Å². The highest BCUT2D eigenvalue weighted by molar-refractivity contribution is 5.97. The van der Waals surface area contributed by atoms with Crippen LogP contribution >= 0.6 is 0 Å². The van der Waals surface area contributed by atoms with Crippen molar-refractivity contribution in [2.75, 3.05) is 11.9 Å². The van der Waals surface area contributed by atoms with Crippen LogP contribution in [0.15, 0.2) is 18.3 Å². The summed E-state index contributed by atoms with van der Waals surface area (Å²) in [6, 6.07) is 3.73. The summed E-state index contributed by atoms with van der Waals surface area (Å²) in [6.45, 7) is 0.0339. The number of fused-ring (bicyclic) bond motifs is 2. The zero-order chi connectivity index (χ0) is 9.54. The van der Waals surface area contributed by atoms with Crippen molar-refractivity contribution in [2.24, 2.45) is 0 Å². The van der Waals surface area contributed by atoms with Gasteiger partial charge in [0.15, 0.2) is 6.61 Å². The Morgan fingerprint density at radius 1 is 1.50 bits per heavy atom. The van der Waals surface area contributed by atoms with Crippen molar-refractivity contribution in [1.29, 1.82) is 0 Å². The van der Waals surface area contributed by atoms with Gasteiger partial charge in [0, 0.05) is 11.6 Å². The van der Waals surface area contributed by atoms with Crippen molar-refractivity contribution in [3.05, 3.63) is 18.3 Å². The van der Waals surface area contributed by atoms with Gasteiger partial charge in [-0.25, -0.2) is 0 Å². The molecule has 3 rings (SSSR count).